The van der Waals surface area contributed by atoms with Crippen molar-refractivity contribution >= 4 is 55.1 Å². The molecule has 136 valence electrons. The average Bonchev–Trinajstić information content (AvgIpc) is 3.06. The molecule has 1 saturated heterocycles. The molecule has 0 bridgehead atoms. The van der Waals surface area contributed by atoms with Gasteiger partial charge in [0.25, 0.3) is 5.91 Å². The van der Waals surface area contributed by atoms with Gasteiger partial charge in [0.2, 0.25) is 0 Å². The van der Waals surface area contributed by atoms with Gasteiger partial charge in [0, 0.05) is 28.3 Å². The minimum Gasteiger partial charge on any atom is -0.355 e. The second kappa shape index (κ2) is 7.32. The number of carbonyl (C=O) groups is 1. The van der Waals surface area contributed by atoms with E-state index in [2.05, 4.69) is 42.6 Å². The van der Waals surface area contributed by atoms with E-state index in [1.54, 1.807) is 35.4 Å². The number of pyridine rings is 1. The number of amidine groups is 1. The van der Waals surface area contributed by atoms with Crippen LogP contribution in [-0.4, -0.2) is 28.9 Å². The maximum absolute atomic E-state index is 12.5. The third kappa shape index (κ3) is 3.42. The van der Waals surface area contributed by atoms with E-state index in [0.29, 0.717) is 5.69 Å². The number of amides is 1. The predicted molar refractivity (Wildman–Crippen MR) is 112 cm³/mol. The molecule has 1 aliphatic heterocycles. The second-order valence-electron chi connectivity index (χ2n) is 6.45. The molecule has 5 nitrogen and oxygen atoms in total. The Kier molecular flexibility index (Phi) is 5.07. The van der Waals surface area contributed by atoms with Gasteiger partial charge in [0.05, 0.1) is 10.5 Å². The SMILES string of the molecule is CN=C1NC2(CCCc3sc(NC(=O)c4ccc(Br)cn4)cc32)CCS1. The third-order valence-corrected chi connectivity index (χ3v) is 7.39. The topological polar surface area (TPSA) is 66.4 Å². The maximum Gasteiger partial charge on any atom is 0.274 e. The number of thioether (sulfide) groups is 1. The Morgan fingerprint density at radius 3 is 3.08 bits per heavy atom. The number of fused-ring (bicyclic) bond motifs is 2. The van der Waals surface area contributed by atoms with Crippen LogP contribution < -0.4 is 10.6 Å². The van der Waals surface area contributed by atoms with Crippen LogP contribution in [0.3, 0.4) is 0 Å². The fourth-order valence-corrected chi connectivity index (χ4v) is 6.06. The summed E-state index contributed by atoms with van der Waals surface area (Å²) >= 11 is 6.80. The highest BCUT2D eigenvalue weighted by Gasteiger charge is 2.40. The molecule has 1 fully saturated rings. The Morgan fingerprint density at radius 2 is 2.31 bits per heavy atom. The van der Waals surface area contributed by atoms with E-state index in [0.717, 1.165) is 46.1 Å². The molecule has 3 heterocycles. The number of thiophene rings is 1. The van der Waals surface area contributed by atoms with Crippen molar-refractivity contribution in [2.45, 2.75) is 31.2 Å². The molecule has 4 rings (SSSR count). The first-order chi connectivity index (χ1) is 12.6. The highest BCUT2D eigenvalue weighted by atomic mass is 79.9. The van der Waals surface area contributed by atoms with Crippen LogP contribution in [0.15, 0.2) is 33.9 Å². The lowest BCUT2D eigenvalue weighted by Crippen LogP contribution is -2.50. The number of nitrogens with zero attached hydrogens (tertiary/aromatic N) is 2. The van der Waals surface area contributed by atoms with Crippen LogP contribution in [0.2, 0.25) is 0 Å². The summed E-state index contributed by atoms with van der Waals surface area (Å²) in [5.74, 6) is 0.896. The fraction of sp³-hybridized carbons (Fsp3) is 0.389. The van der Waals surface area contributed by atoms with Crippen molar-refractivity contribution in [1.29, 1.82) is 0 Å². The van der Waals surface area contributed by atoms with Gasteiger partial charge in [0.1, 0.15) is 5.69 Å². The number of hydrogen-bond donors (Lipinski definition) is 2. The summed E-state index contributed by atoms with van der Waals surface area (Å²) in [5, 5.41) is 8.59. The molecule has 2 aromatic rings. The molecule has 1 unspecified atom stereocenters. The zero-order chi connectivity index (χ0) is 18.1. The molecule has 0 aromatic carbocycles. The molecule has 2 N–H and O–H groups in total. The average molecular weight is 451 g/mol. The van der Waals surface area contributed by atoms with Gasteiger partial charge in [-0.3, -0.25) is 9.79 Å². The quantitative estimate of drug-likeness (QED) is 0.711. The number of aromatic nitrogens is 1. The number of aryl methyl sites for hydroxylation is 1. The molecule has 1 aliphatic carbocycles. The lowest BCUT2D eigenvalue weighted by molar-refractivity contribution is 0.102. The van der Waals surface area contributed by atoms with Crippen LogP contribution >= 0.6 is 39.0 Å². The van der Waals surface area contributed by atoms with Crippen molar-refractivity contribution in [3.8, 4) is 0 Å². The van der Waals surface area contributed by atoms with Crippen molar-refractivity contribution in [3.63, 3.8) is 0 Å². The monoisotopic (exact) mass is 450 g/mol. The lowest BCUT2D eigenvalue weighted by atomic mass is 9.78. The molecular formula is C18H19BrN4OS2. The van der Waals surface area contributed by atoms with E-state index in [9.17, 15) is 4.79 Å². The molecule has 8 heteroatoms. The normalized spacial score (nSPS) is 23.5. The van der Waals surface area contributed by atoms with Crippen molar-refractivity contribution in [2.24, 2.45) is 4.99 Å². The van der Waals surface area contributed by atoms with Gasteiger partial charge in [-0.15, -0.1) is 11.3 Å². The van der Waals surface area contributed by atoms with Crippen LogP contribution in [-0.2, 0) is 12.0 Å². The molecule has 1 atom stereocenters. The van der Waals surface area contributed by atoms with Crippen molar-refractivity contribution < 1.29 is 4.79 Å². The van der Waals surface area contributed by atoms with Gasteiger partial charge in [-0.1, -0.05) is 11.8 Å². The summed E-state index contributed by atoms with van der Waals surface area (Å²) < 4.78 is 0.859. The predicted octanol–water partition coefficient (Wildman–Crippen LogP) is 4.40. The fourth-order valence-electron chi connectivity index (χ4n) is 3.59. The minimum absolute atomic E-state index is 0.0387. The Hall–Kier alpha value is -1.38. The Bertz CT molecular complexity index is 865. The molecule has 1 spiro atoms. The van der Waals surface area contributed by atoms with E-state index in [4.69, 9.17) is 0 Å². The number of nitrogens with one attached hydrogen (secondary N) is 2. The Labute approximate surface area is 169 Å². The summed E-state index contributed by atoms with van der Waals surface area (Å²) in [6, 6.07) is 5.69. The standard InChI is InChI=1S/C18H19BrN4OS2/c1-20-17-23-18(7-8-25-17)6-2-3-14-12(18)9-15(26-14)22-16(24)13-5-4-11(19)10-21-13/h4-5,9-10H,2-3,6-8H2,1H3,(H,20,23)(H,22,24). The van der Waals surface area contributed by atoms with Crippen LogP contribution in [0.25, 0.3) is 0 Å². The highest BCUT2D eigenvalue weighted by Crippen LogP contribution is 2.46. The largest absolute Gasteiger partial charge is 0.355 e. The van der Waals surface area contributed by atoms with Crippen LogP contribution in [0.4, 0.5) is 5.00 Å². The number of hydrogen-bond acceptors (Lipinski definition) is 5. The molecule has 2 aliphatic rings. The number of aliphatic imine (C=N–C) groups is 1. The molecule has 0 radical (unpaired) electrons. The summed E-state index contributed by atoms with van der Waals surface area (Å²) in [4.78, 5) is 22.4. The van der Waals surface area contributed by atoms with E-state index < -0.39 is 0 Å². The van der Waals surface area contributed by atoms with Crippen molar-refractivity contribution in [2.75, 3.05) is 18.1 Å². The molecule has 2 aromatic heterocycles. The van der Waals surface area contributed by atoms with E-state index in [-0.39, 0.29) is 11.4 Å². The minimum atomic E-state index is -0.173. The summed E-state index contributed by atoms with van der Waals surface area (Å²) in [6.07, 6.45) is 6.06. The third-order valence-electron chi connectivity index (χ3n) is 4.85. The smallest absolute Gasteiger partial charge is 0.274 e. The summed E-state index contributed by atoms with van der Waals surface area (Å²) in [5.41, 5.74) is 1.71. The van der Waals surface area contributed by atoms with E-state index in [1.165, 1.54) is 10.4 Å². The van der Waals surface area contributed by atoms with Gasteiger partial charge in [-0.2, -0.15) is 0 Å². The molecule has 0 saturated carbocycles. The molecular weight excluding hydrogens is 432 g/mol. The van der Waals surface area contributed by atoms with E-state index in [1.807, 2.05) is 13.1 Å². The Balaban J connectivity index is 1.59. The van der Waals surface area contributed by atoms with Crippen molar-refractivity contribution in [1.82, 2.24) is 10.3 Å². The number of halogens is 1. The van der Waals surface area contributed by atoms with Gasteiger partial charge >= 0.3 is 0 Å². The first kappa shape index (κ1) is 18.0. The van der Waals surface area contributed by atoms with Crippen LogP contribution in [0.5, 0.6) is 0 Å². The molecule has 1 amide bonds. The number of rotatable bonds is 2. The second-order valence-corrected chi connectivity index (χ2v) is 9.59. The molecule has 26 heavy (non-hydrogen) atoms. The van der Waals surface area contributed by atoms with Gasteiger partial charge < -0.3 is 10.6 Å². The van der Waals surface area contributed by atoms with Gasteiger partial charge in [0.15, 0.2) is 5.17 Å². The van der Waals surface area contributed by atoms with Crippen LogP contribution in [0, 0.1) is 0 Å². The zero-order valence-electron chi connectivity index (χ0n) is 14.3. The van der Waals surface area contributed by atoms with Gasteiger partial charge in [-0.05, 0) is 65.4 Å². The number of anilines is 1. The highest BCUT2D eigenvalue weighted by molar-refractivity contribution is 9.10. The van der Waals surface area contributed by atoms with Crippen LogP contribution in [0.1, 0.15) is 40.2 Å². The Morgan fingerprint density at radius 1 is 1.42 bits per heavy atom. The van der Waals surface area contributed by atoms with Gasteiger partial charge in [-0.25, -0.2) is 4.98 Å². The van der Waals surface area contributed by atoms with E-state index >= 15 is 0 Å². The maximum atomic E-state index is 12.5. The lowest BCUT2D eigenvalue weighted by Gasteiger charge is -2.42. The van der Waals surface area contributed by atoms with Crippen molar-refractivity contribution in [3.05, 3.63) is 45.0 Å². The number of carbonyl (C=O) groups excluding carboxylic acids is 1. The summed E-state index contributed by atoms with van der Waals surface area (Å²) in [6.45, 7) is 0. The first-order valence-corrected chi connectivity index (χ1v) is 11.1. The zero-order valence-corrected chi connectivity index (χ0v) is 17.6. The summed E-state index contributed by atoms with van der Waals surface area (Å²) in [7, 11) is 1.84. The first-order valence-electron chi connectivity index (χ1n) is 8.53.